The standard InChI is InChI=1S/C15H28N2O4/c1-10(2)5-13(6-14(18)19)7-16-15(20)17-8-11(3)21-12(4)9-17/h10-13H,5-9H2,1-4H3,(H,16,20)(H,18,19)/t11?,12?,13-/m0/s1. The van der Waals surface area contributed by atoms with Gasteiger partial charge in [0.2, 0.25) is 0 Å². The molecule has 0 aromatic rings. The largest absolute Gasteiger partial charge is 0.481 e. The average molecular weight is 300 g/mol. The zero-order chi connectivity index (χ0) is 16.0. The topological polar surface area (TPSA) is 78.9 Å². The van der Waals surface area contributed by atoms with Crippen LogP contribution in [0.2, 0.25) is 0 Å². The lowest BCUT2D eigenvalue weighted by Crippen LogP contribution is -2.52. The van der Waals surface area contributed by atoms with Crippen molar-refractivity contribution in [2.24, 2.45) is 11.8 Å². The molecule has 2 N–H and O–H groups in total. The summed E-state index contributed by atoms with van der Waals surface area (Å²) in [5, 5.41) is 11.8. The van der Waals surface area contributed by atoms with Crippen LogP contribution in [0.5, 0.6) is 0 Å². The fourth-order valence-electron chi connectivity index (χ4n) is 2.84. The van der Waals surface area contributed by atoms with Gasteiger partial charge in [-0.25, -0.2) is 4.79 Å². The summed E-state index contributed by atoms with van der Waals surface area (Å²) in [6, 6.07) is -0.129. The van der Waals surface area contributed by atoms with Crippen LogP contribution in [-0.4, -0.2) is 53.8 Å². The molecular formula is C15H28N2O4. The lowest BCUT2D eigenvalue weighted by molar-refractivity contribution is -0.138. The number of nitrogens with zero attached hydrogens (tertiary/aromatic N) is 1. The number of nitrogens with one attached hydrogen (secondary N) is 1. The summed E-state index contributed by atoms with van der Waals surface area (Å²) in [4.78, 5) is 24.8. The quantitative estimate of drug-likeness (QED) is 0.786. The number of carboxylic acids is 1. The predicted molar refractivity (Wildman–Crippen MR) is 80.2 cm³/mol. The molecule has 0 aliphatic carbocycles. The Balaban J connectivity index is 2.46. The number of hydrogen-bond acceptors (Lipinski definition) is 3. The molecule has 0 spiro atoms. The lowest BCUT2D eigenvalue weighted by atomic mass is 9.94. The maximum atomic E-state index is 12.2. The highest BCUT2D eigenvalue weighted by Crippen LogP contribution is 2.15. The van der Waals surface area contributed by atoms with Gasteiger partial charge in [0.15, 0.2) is 0 Å². The maximum absolute atomic E-state index is 12.2. The number of carbonyl (C=O) groups is 2. The van der Waals surface area contributed by atoms with Crippen molar-refractivity contribution in [2.45, 2.75) is 52.7 Å². The molecule has 0 aromatic carbocycles. The summed E-state index contributed by atoms with van der Waals surface area (Å²) in [5.74, 6) is -0.430. The van der Waals surface area contributed by atoms with Gasteiger partial charge in [-0.2, -0.15) is 0 Å². The van der Waals surface area contributed by atoms with Crippen LogP contribution < -0.4 is 5.32 Å². The van der Waals surface area contributed by atoms with Crippen LogP contribution in [-0.2, 0) is 9.53 Å². The minimum absolute atomic E-state index is 0.0256. The number of rotatable bonds is 6. The smallest absolute Gasteiger partial charge is 0.317 e. The van der Waals surface area contributed by atoms with E-state index in [1.54, 1.807) is 4.90 Å². The highest BCUT2D eigenvalue weighted by Gasteiger charge is 2.26. The van der Waals surface area contributed by atoms with Gasteiger partial charge < -0.3 is 20.1 Å². The molecule has 122 valence electrons. The first kappa shape index (κ1) is 17.8. The molecule has 0 saturated carbocycles. The van der Waals surface area contributed by atoms with Gasteiger partial charge in [-0.15, -0.1) is 0 Å². The molecule has 1 saturated heterocycles. The van der Waals surface area contributed by atoms with Crippen LogP contribution in [0.3, 0.4) is 0 Å². The van der Waals surface area contributed by atoms with Crippen molar-refractivity contribution in [1.82, 2.24) is 10.2 Å². The van der Waals surface area contributed by atoms with Gasteiger partial charge in [0.1, 0.15) is 0 Å². The molecule has 1 heterocycles. The fourth-order valence-corrected chi connectivity index (χ4v) is 2.84. The summed E-state index contributed by atoms with van der Waals surface area (Å²) in [6.45, 7) is 9.56. The summed E-state index contributed by atoms with van der Waals surface area (Å²) in [6.07, 6.45) is 0.951. The molecule has 6 nitrogen and oxygen atoms in total. The van der Waals surface area contributed by atoms with Crippen LogP contribution >= 0.6 is 0 Å². The van der Waals surface area contributed by atoms with Crippen LogP contribution in [0.25, 0.3) is 0 Å². The summed E-state index contributed by atoms with van der Waals surface area (Å²) in [7, 11) is 0. The van der Waals surface area contributed by atoms with E-state index in [4.69, 9.17) is 9.84 Å². The van der Waals surface area contributed by atoms with Gasteiger partial charge >= 0.3 is 12.0 Å². The first-order valence-electron chi connectivity index (χ1n) is 7.68. The molecule has 6 heteroatoms. The lowest BCUT2D eigenvalue weighted by Gasteiger charge is -2.35. The Labute approximate surface area is 126 Å². The molecule has 2 amide bonds. The van der Waals surface area contributed by atoms with Crippen molar-refractivity contribution in [3.8, 4) is 0 Å². The third kappa shape index (κ3) is 6.80. The van der Waals surface area contributed by atoms with Crippen molar-refractivity contribution in [3.05, 3.63) is 0 Å². The molecule has 1 aliphatic heterocycles. The Kier molecular flexibility index (Phi) is 6.95. The Bertz CT molecular complexity index is 350. The molecule has 2 unspecified atom stereocenters. The van der Waals surface area contributed by atoms with E-state index < -0.39 is 5.97 Å². The Hall–Kier alpha value is -1.30. The van der Waals surface area contributed by atoms with Crippen LogP contribution in [0.15, 0.2) is 0 Å². The Morgan fingerprint density at radius 3 is 2.33 bits per heavy atom. The number of ether oxygens (including phenoxy) is 1. The third-order valence-electron chi connectivity index (χ3n) is 3.52. The van der Waals surface area contributed by atoms with Gasteiger partial charge in [-0.05, 0) is 32.1 Å². The maximum Gasteiger partial charge on any atom is 0.317 e. The van der Waals surface area contributed by atoms with Crippen LogP contribution in [0.1, 0.15) is 40.5 Å². The van der Waals surface area contributed by atoms with Gasteiger partial charge in [0, 0.05) is 26.1 Å². The number of amides is 2. The van der Waals surface area contributed by atoms with E-state index in [0.717, 1.165) is 6.42 Å². The van der Waals surface area contributed by atoms with Crippen molar-refractivity contribution < 1.29 is 19.4 Å². The zero-order valence-electron chi connectivity index (χ0n) is 13.5. The van der Waals surface area contributed by atoms with Crippen molar-refractivity contribution in [2.75, 3.05) is 19.6 Å². The number of carbonyl (C=O) groups excluding carboxylic acids is 1. The zero-order valence-corrected chi connectivity index (χ0v) is 13.5. The molecule has 21 heavy (non-hydrogen) atoms. The molecule has 1 aliphatic rings. The van der Waals surface area contributed by atoms with Crippen molar-refractivity contribution in [3.63, 3.8) is 0 Å². The molecule has 0 radical (unpaired) electrons. The second kappa shape index (κ2) is 8.22. The number of morpholine rings is 1. The summed E-state index contributed by atoms with van der Waals surface area (Å²) >= 11 is 0. The van der Waals surface area contributed by atoms with Crippen LogP contribution in [0.4, 0.5) is 4.79 Å². The molecular weight excluding hydrogens is 272 g/mol. The Morgan fingerprint density at radius 1 is 1.29 bits per heavy atom. The Morgan fingerprint density at radius 2 is 1.86 bits per heavy atom. The highest BCUT2D eigenvalue weighted by atomic mass is 16.5. The highest BCUT2D eigenvalue weighted by molar-refractivity contribution is 5.74. The minimum Gasteiger partial charge on any atom is -0.481 e. The van der Waals surface area contributed by atoms with E-state index in [9.17, 15) is 9.59 Å². The number of aliphatic carboxylic acids is 1. The van der Waals surface area contributed by atoms with Crippen LogP contribution in [0, 0.1) is 11.8 Å². The summed E-state index contributed by atoms with van der Waals surface area (Å²) in [5.41, 5.74) is 0. The first-order chi connectivity index (χ1) is 9.77. The fraction of sp³-hybridized carbons (Fsp3) is 0.867. The van der Waals surface area contributed by atoms with E-state index in [-0.39, 0.29) is 30.6 Å². The van der Waals surface area contributed by atoms with Gasteiger partial charge in [0.25, 0.3) is 0 Å². The van der Waals surface area contributed by atoms with E-state index in [1.165, 1.54) is 0 Å². The van der Waals surface area contributed by atoms with E-state index in [0.29, 0.717) is 25.6 Å². The first-order valence-corrected chi connectivity index (χ1v) is 7.68. The van der Waals surface area contributed by atoms with Crippen molar-refractivity contribution >= 4 is 12.0 Å². The monoisotopic (exact) mass is 300 g/mol. The van der Waals surface area contributed by atoms with Crippen molar-refractivity contribution in [1.29, 1.82) is 0 Å². The predicted octanol–water partition coefficient (Wildman–Crippen LogP) is 1.94. The molecule has 3 atom stereocenters. The molecule has 0 aromatic heterocycles. The SMILES string of the molecule is CC(C)C[C@H](CNC(=O)N1CC(C)OC(C)C1)CC(=O)O. The van der Waals surface area contributed by atoms with Gasteiger partial charge in [-0.1, -0.05) is 13.8 Å². The molecule has 1 rings (SSSR count). The number of hydrogen-bond donors (Lipinski definition) is 2. The van der Waals surface area contributed by atoms with E-state index in [1.807, 2.05) is 13.8 Å². The van der Waals surface area contributed by atoms with E-state index >= 15 is 0 Å². The van der Waals surface area contributed by atoms with E-state index in [2.05, 4.69) is 19.2 Å². The second-order valence-electron chi connectivity index (χ2n) is 6.44. The van der Waals surface area contributed by atoms with Gasteiger partial charge in [0.05, 0.1) is 12.2 Å². The average Bonchev–Trinajstić information content (AvgIpc) is 2.32. The number of urea groups is 1. The minimum atomic E-state index is -0.816. The molecule has 0 bridgehead atoms. The molecule has 1 fully saturated rings. The third-order valence-corrected chi connectivity index (χ3v) is 3.52. The second-order valence-corrected chi connectivity index (χ2v) is 6.44. The number of carboxylic acid groups (broad SMARTS) is 1. The van der Waals surface area contributed by atoms with Gasteiger partial charge in [-0.3, -0.25) is 4.79 Å². The normalized spacial score (nSPS) is 24.0. The summed E-state index contributed by atoms with van der Waals surface area (Å²) < 4.78 is 5.60.